The first-order valence-electron chi connectivity index (χ1n) is 24.2. The Bertz CT molecular complexity index is 3560. The van der Waals surface area contributed by atoms with Crippen molar-refractivity contribution < 1.29 is 4.92 Å². The summed E-state index contributed by atoms with van der Waals surface area (Å²) in [6.45, 7) is 26.4. The van der Waals surface area contributed by atoms with E-state index in [2.05, 4.69) is 213 Å². The van der Waals surface area contributed by atoms with Gasteiger partial charge in [0, 0.05) is 50.4 Å². The van der Waals surface area contributed by atoms with E-state index < -0.39 is 0 Å². The highest BCUT2D eigenvalue weighted by Crippen LogP contribution is 2.46. The summed E-state index contributed by atoms with van der Waals surface area (Å²) in [5, 5.41) is 13.5. The summed E-state index contributed by atoms with van der Waals surface area (Å²) in [5.74, 6) is 0. The van der Waals surface area contributed by atoms with E-state index >= 15 is 0 Å². The Labute approximate surface area is 410 Å². The average Bonchev–Trinajstić information content (AvgIpc) is 4.16. The third-order valence-electron chi connectivity index (χ3n) is 13.8. The second-order valence-electron chi connectivity index (χ2n) is 22.9. The number of fused-ring (bicyclic) bond motifs is 11. The van der Waals surface area contributed by atoms with Crippen LogP contribution in [-0.4, -0.2) is 34.8 Å². The van der Waals surface area contributed by atoms with Crippen molar-refractivity contribution in [2.45, 2.75) is 105 Å². The fourth-order valence-corrected chi connectivity index (χ4v) is 9.71. The molecule has 6 heterocycles. The minimum Gasteiger partial charge on any atom is -0.354 e. The number of benzene rings is 4. The van der Waals surface area contributed by atoms with Crippen LogP contribution in [0.5, 0.6) is 0 Å². The molecule has 0 saturated heterocycles. The molecule has 3 N–H and O–H groups in total. The van der Waals surface area contributed by atoms with E-state index in [4.69, 9.17) is 15.0 Å². The van der Waals surface area contributed by atoms with E-state index in [0.29, 0.717) is 16.8 Å². The Hall–Kier alpha value is -7.65. The predicted octanol–water partition coefficient (Wildman–Crippen LogP) is 16.0. The standard InChI is InChI=1S/C61H61N7O2/c1-58(2,3)39-21-13-35(14-22-39)49-43-29-30-45(64-43)51(37-17-25-41(26-18-37)60(7,8)9)54-56-57(63-34-62-56)55(67-54)52(38-19-27-42(28-20-38)61(10,11)12)46-32-31-44(65-46)50(53-48(68(69)70)33-47(49)66-53)36-15-23-40(24-16-36)59(4,5)6/h13-34,64-65H,1-12H3,(H,62,63). The van der Waals surface area contributed by atoms with Gasteiger partial charge in [-0.25, -0.2) is 15.0 Å². The third-order valence-corrected chi connectivity index (χ3v) is 13.8. The average molecular weight is 924 g/mol. The predicted molar refractivity (Wildman–Crippen MR) is 289 cm³/mol. The quantitative estimate of drug-likeness (QED) is 0.117. The first-order chi connectivity index (χ1) is 33.0. The first kappa shape index (κ1) is 46.1. The van der Waals surface area contributed by atoms with Crippen LogP contribution in [0.2, 0.25) is 0 Å². The molecule has 0 fully saturated rings. The van der Waals surface area contributed by atoms with Crippen LogP contribution in [0.1, 0.15) is 117 Å². The number of rotatable bonds is 5. The van der Waals surface area contributed by atoms with Crippen LogP contribution < -0.4 is 0 Å². The van der Waals surface area contributed by atoms with Crippen molar-refractivity contribution in [2.24, 2.45) is 0 Å². The molecule has 0 radical (unpaired) electrons. The van der Waals surface area contributed by atoms with Gasteiger partial charge < -0.3 is 15.0 Å². The number of hydrogen-bond donors (Lipinski definition) is 3. The zero-order valence-corrected chi connectivity index (χ0v) is 42.3. The lowest BCUT2D eigenvalue weighted by atomic mass is 9.86. The number of nitro groups is 1. The highest BCUT2D eigenvalue weighted by Gasteiger charge is 2.31. The molecule has 2 aliphatic rings. The van der Waals surface area contributed by atoms with Crippen LogP contribution >= 0.6 is 0 Å². The Kier molecular flexibility index (Phi) is 10.9. The van der Waals surface area contributed by atoms with Gasteiger partial charge in [0.15, 0.2) is 5.69 Å². The van der Waals surface area contributed by atoms with Gasteiger partial charge in [-0.2, -0.15) is 0 Å². The lowest BCUT2D eigenvalue weighted by Crippen LogP contribution is -2.10. The van der Waals surface area contributed by atoms with Gasteiger partial charge in [-0.15, -0.1) is 0 Å². The van der Waals surface area contributed by atoms with E-state index in [0.717, 1.165) is 83.8 Å². The van der Waals surface area contributed by atoms with Crippen LogP contribution in [0.3, 0.4) is 0 Å². The summed E-state index contributed by atoms with van der Waals surface area (Å²) < 4.78 is 0. The molecule has 70 heavy (non-hydrogen) atoms. The van der Waals surface area contributed by atoms with E-state index in [-0.39, 0.29) is 38.0 Å². The second kappa shape index (κ2) is 16.5. The molecular weight excluding hydrogens is 863 g/mol. The maximum absolute atomic E-state index is 13.5. The molecule has 0 atom stereocenters. The number of imidazole rings is 1. The van der Waals surface area contributed by atoms with Crippen molar-refractivity contribution in [1.29, 1.82) is 0 Å². The van der Waals surface area contributed by atoms with Crippen LogP contribution in [0.15, 0.2) is 128 Å². The Morgan fingerprint density at radius 3 is 1.13 bits per heavy atom. The zero-order chi connectivity index (χ0) is 49.7. The summed E-state index contributed by atoms with van der Waals surface area (Å²) in [6, 6.07) is 42.4. The Morgan fingerprint density at radius 1 is 0.414 bits per heavy atom. The molecule has 0 saturated carbocycles. The van der Waals surface area contributed by atoms with Gasteiger partial charge >= 0.3 is 0 Å². The Balaban J connectivity index is 1.41. The van der Waals surface area contributed by atoms with Gasteiger partial charge in [0.05, 0.1) is 28.3 Å². The fourth-order valence-electron chi connectivity index (χ4n) is 9.71. The minimum atomic E-state index is -0.306. The van der Waals surface area contributed by atoms with Crippen molar-refractivity contribution >= 4 is 33.8 Å². The number of nitrogens with zero attached hydrogens (tertiary/aromatic N) is 4. The largest absolute Gasteiger partial charge is 0.354 e. The van der Waals surface area contributed by atoms with Crippen LogP contribution in [0.4, 0.5) is 0 Å². The smallest absolute Gasteiger partial charge is 0.297 e. The Morgan fingerprint density at radius 2 is 0.757 bits per heavy atom. The molecule has 4 aromatic carbocycles. The van der Waals surface area contributed by atoms with Crippen molar-refractivity contribution in [3.05, 3.63) is 171 Å². The van der Waals surface area contributed by atoms with Crippen LogP contribution in [0, 0.1) is 10.1 Å². The lowest BCUT2D eigenvalue weighted by Gasteiger charge is -2.19. The van der Waals surface area contributed by atoms with Gasteiger partial charge in [0.1, 0.15) is 11.4 Å². The van der Waals surface area contributed by atoms with Gasteiger partial charge in [-0.3, -0.25) is 10.1 Å². The van der Waals surface area contributed by atoms with Gasteiger partial charge in [0.25, 0.3) is 5.70 Å². The van der Waals surface area contributed by atoms with Gasteiger partial charge in [-0.05, 0) is 90.4 Å². The van der Waals surface area contributed by atoms with Gasteiger partial charge in [0.2, 0.25) is 0 Å². The normalized spacial score (nSPS) is 13.1. The number of aromatic amines is 3. The molecule has 0 spiro atoms. The van der Waals surface area contributed by atoms with E-state index in [1.54, 1.807) is 12.4 Å². The van der Waals surface area contributed by atoms with Gasteiger partial charge in [-0.1, -0.05) is 180 Å². The maximum Gasteiger partial charge on any atom is 0.297 e. The van der Waals surface area contributed by atoms with E-state index in [9.17, 15) is 10.1 Å². The first-order valence-corrected chi connectivity index (χ1v) is 24.2. The minimum absolute atomic E-state index is 0.0562. The third kappa shape index (κ3) is 8.27. The van der Waals surface area contributed by atoms with Crippen molar-refractivity contribution in [3.63, 3.8) is 0 Å². The lowest BCUT2D eigenvalue weighted by molar-refractivity contribution is -0.374. The molecular formula is C61H61N7O2. The molecule has 2 aliphatic heterocycles. The molecule has 9 nitrogen and oxygen atoms in total. The topological polar surface area (TPSA) is 129 Å². The summed E-state index contributed by atoms with van der Waals surface area (Å²) in [4.78, 5) is 40.3. The molecule has 0 aliphatic carbocycles. The summed E-state index contributed by atoms with van der Waals surface area (Å²) in [6.07, 6.45) is 3.38. The molecule has 8 aromatic rings. The number of hydrogen-bond acceptors (Lipinski definition) is 5. The van der Waals surface area contributed by atoms with E-state index in [1.165, 1.54) is 16.7 Å². The van der Waals surface area contributed by atoms with E-state index in [1.807, 2.05) is 6.07 Å². The molecule has 8 bridgehead atoms. The second-order valence-corrected chi connectivity index (χ2v) is 22.9. The summed E-state index contributed by atoms with van der Waals surface area (Å²) >= 11 is 0. The molecule has 10 rings (SSSR count). The molecule has 0 unspecified atom stereocenters. The van der Waals surface area contributed by atoms with Crippen molar-refractivity contribution in [2.75, 3.05) is 0 Å². The summed E-state index contributed by atoms with van der Waals surface area (Å²) in [5.41, 5.74) is 17.8. The van der Waals surface area contributed by atoms with Crippen LogP contribution in [0.25, 0.3) is 101 Å². The highest BCUT2D eigenvalue weighted by atomic mass is 16.6. The number of aromatic nitrogens is 6. The monoisotopic (exact) mass is 923 g/mol. The molecule has 352 valence electrons. The van der Waals surface area contributed by atoms with Crippen molar-refractivity contribution in [1.82, 2.24) is 29.9 Å². The molecule has 0 amide bonds. The van der Waals surface area contributed by atoms with Crippen LogP contribution in [-0.2, 0) is 21.7 Å². The van der Waals surface area contributed by atoms with Crippen molar-refractivity contribution in [3.8, 4) is 67.3 Å². The maximum atomic E-state index is 13.5. The summed E-state index contributed by atoms with van der Waals surface area (Å²) in [7, 11) is 0. The SMILES string of the molecule is CC(C)(C)c1ccc(-c2c3nc(c(-c4ccc(C(C)(C)C)cc4)c4ccc([nH]4)c(-c4ccc(C(C)(C)C)cc4)c4nc(c(-c5ccc(C(C)(C)C)cc5)c5ccc2[nH]5)-c2nc[nH]c2-4)C([N+](=O)[O-])=C3)cc1. The molecule has 9 heteroatoms. The molecule has 4 aromatic heterocycles. The highest BCUT2D eigenvalue weighted by molar-refractivity contribution is 6.04. The fraction of sp³-hybridized carbons (Fsp3) is 0.262. The number of nitrogens with one attached hydrogen (secondary N) is 3. The number of H-pyrrole nitrogens is 3. The zero-order valence-electron chi connectivity index (χ0n) is 42.3.